The standard InChI is InChI=1S/C14H19ClN2O/c1-9(10-4-6-12(15)7-5-10)17-14(18)8-13(16)11-2-3-11/h4-7,9,11,13H,2-3,8,16H2,1H3,(H,17,18)/t9-,13?/m1/s1. The number of nitrogens with one attached hydrogen (secondary N) is 1. The predicted molar refractivity (Wildman–Crippen MR) is 73.3 cm³/mol. The summed E-state index contributed by atoms with van der Waals surface area (Å²) in [5, 5.41) is 3.67. The molecule has 18 heavy (non-hydrogen) atoms. The summed E-state index contributed by atoms with van der Waals surface area (Å²) in [4.78, 5) is 11.8. The van der Waals surface area contributed by atoms with Crippen molar-refractivity contribution < 1.29 is 4.79 Å². The van der Waals surface area contributed by atoms with Crippen LogP contribution in [0.1, 0.15) is 37.8 Å². The molecule has 1 unspecified atom stereocenters. The first-order chi connectivity index (χ1) is 8.56. The number of rotatable bonds is 5. The lowest BCUT2D eigenvalue weighted by atomic mass is 10.1. The Kier molecular flexibility index (Phi) is 4.25. The molecule has 1 aliphatic rings. The maximum atomic E-state index is 11.8. The number of nitrogens with two attached hydrogens (primary N) is 1. The van der Waals surface area contributed by atoms with E-state index in [1.54, 1.807) is 0 Å². The zero-order valence-electron chi connectivity index (χ0n) is 10.5. The van der Waals surface area contributed by atoms with Crippen molar-refractivity contribution in [3.05, 3.63) is 34.9 Å². The highest BCUT2D eigenvalue weighted by Gasteiger charge is 2.29. The second kappa shape index (κ2) is 5.72. The zero-order valence-corrected chi connectivity index (χ0v) is 11.3. The molecule has 0 heterocycles. The van der Waals surface area contributed by atoms with Gasteiger partial charge in [0.2, 0.25) is 5.91 Å². The molecule has 1 aliphatic carbocycles. The first kappa shape index (κ1) is 13.4. The van der Waals surface area contributed by atoms with Gasteiger partial charge in [-0.1, -0.05) is 23.7 Å². The fourth-order valence-corrected chi connectivity index (χ4v) is 2.17. The van der Waals surface area contributed by atoms with Crippen LogP contribution in [-0.4, -0.2) is 11.9 Å². The van der Waals surface area contributed by atoms with Crippen molar-refractivity contribution in [1.29, 1.82) is 0 Å². The second-order valence-electron chi connectivity index (χ2n) is 5.05. The lowest BCUT2D eigenvalue weighted by Crippen LogP contribution is -2.34. The number of hydrogen-bond acceptors (Lipinski definition) is 2. The van der Waals surface area contributed by atoms with E-state index in [4.69, 9.17) is 17.3 Å². The Labute approximate surface area is 113 Å². The average Bonchev–Trinajstić information content (AvgIpc) is 3.13. The van der Waals surface area contributed by atoms with Crippen molar-refractivity contribution in [2.45, 2.75) is 38.3 Å². The lowest BCUT2D eigenvalue weighted by molar-refractivity contribution is -0.122. The summed E-state index contributed by atoms with van der Waals surface area (Å²) in [5.41, 5.74) is 6.98. The van der Waals surface area contributed by atoms with Gasteiger partial charge in [-0.2, -0.15) is 0 Å². The maximum Gasteiger partial charge on any atom is 0.222 e. The van der Waals surface area contributed by atoms with Crippen LogP contribution in [0.5, 0.6) is 0 Å². The van der Waals surface area contributed by atoms with Crippen LogP contribution in [0.25, 0.3) is 0 Å². The molecule has 3 nitrogen and oxygen atoms in total. The summed E-state index contributed by atoms with van der Waals surface area (Å²) in [5.74, 6) is 0.582. The Balaban J connectivity index is 1.84. The molecular weight excluding hydrogens is 248 g/mol. The maximum absolute atomic E-state index is 11.8. The minimum Gasteiger partial charge on any atom is -0.350 e. The molecular formula is C14H19ClN2O. The lowest BCUT2D eigenvalue weighted by Gasteiger charge is -2.16. The molecule has 0 spiro atoms. The van der Waals surface area contributed by atoms with Crippen molar-refractivity contribution in [3.63, 3.8) is 0 Å². The first-order valence-corrected chi connectivity index (χ1v) is 6.74. The molecule has 0 saturated heterocycles. The molecule has 3 N–H and O–H groups in total. The highest BCUT2D eigenvalue weighted by Crippen LogP contribution is 2.32. The van der Waals surface area contributed by atoms with Gasteiger partial charge in [-0.3, -0.25) is 4.79 Å². The van der Waals surface area contributed by atoms with Crippen LogP contribution >= 0.6 is 11.6 Å². The Morgan fingerprint density at radius 2 is 2.06 bits per heavy atom. The van der Waals surface area contributed by atoms with Gasteiger partial charge in [0.25, 0.3) is 0 Å². The average molecular weight is 267 g/mol. The second-order valence-corrected chi connectivity index (χ2v) is 5.48. The fraction of sp³-hybridized carbons (Fsp3) is 0.500. The smallest absolute Gasteiger partial charge is 0.222 e. The van der Waals surface area contributed by atoms with Crippen LogP contribution in [0.2, 0.25) is 5.02 Å². The van der Waals surface area contributed by atoms with E-state index in [1.165, 1.54) is 12.8 Å². The number of carbonyl (C=O) groups is 1. The van der Waals surface area contributed by atoms with Crippen LogP contribution in [-0.2, 0) is 4.79 Å². The van der Waals surface area contributed by atoms with E-state index in [9.17, 15) is 4.79 Å². The largest absolute Gasteiger partial charge is 0.350 e. The molecule has 0 aromatic heterocycles. The van der Waals surface area contributed by atoms with Gasteiger partial charge in [0.15, 0.2) is 0 Å². The van der Waals surface area contributed by atoms with E-state index in [-0.39, 0.29) is 18.0 Å². The van der Waals surface area contributed by atoms with Crippen LogP contribution in [0.3, 0.4) is 0 Å². The van der Waals surface area contributed by atoms with E-state index in [0.29, 0.717) is 17.4 Å². The molecule has 1 aromatic rings. The summed E-state index contributed by atoms with van der Waals surface area (Å²) in [6.45, 7) is 1.96. The molecule has 0 radical (unpaired) electrons. The molecule has 0 bridgehead atoms. The number of carbonyl (C=O) groups excluding carboxylic acids is 1. The van der Waals surface area contributed by atoms with Gasteiger partial charge in [0.1, 0.15) is 0 Å². The molecule has 98 valence electrons. The molecule has 2 rings (SSSR count). The summed E-state index contributed by atoms with van der Waals surface area (Å²) < 4.78 is 0. The summed E-state index contributed by atoms with van der Waals surface area (Å²) in [7, 11) is 0. The third-order valence-electron chi connectivity index (χ3n) is 3.40. The molecule has 1 aromatic carbocycles. The van der Waals surface area contributed by atoms with Gasteiger partial charge >= 0.3 is 0 Å². The minimum atomic E-state index is -0.0128. The Morgan fingerprint density at radius 1 is 1.44 bits per heavy atom. The van der Waals surface area contributed by atoms with Gasteiger partial charge in [-0.25, -0.2) is 0 Å². The van der Waals surface area contributed by atoms with Gasteiger partial charge in [-0.15, -0.1) is 0 Å². The molecule has 1 amide bonds. The van der Waals surface area contributed by atoms with E-state index < -0.39 is 0 Å². The number of hydrogen-bond donors (Lipinski definition) is 2. The highest BCUT2D eigenvalue weighted by molar-refractivity contribution is 6.30. The topological polar surface area (TPSA) is 55.1 Å². The SMILES string of the molecule is C[C@@H](NC(=O)CC(N)C1CC1)c1ccc(Cl)cc1. The number of amides is 1. The van der Waals surface area contributed by atoms with Gasteiger partial charge in [0, 0.05) is 17.5 Å². The van der Waals surface area contributed by atoms with Crippen LogP contribution in [0, 0.1) is 5.92 Å². The van der Waals surface area contributed by atoms with Crippen LogP contribution in [0.4, 0.5) is 0 Å². The van der Waals surface area contributed by atoms with Crippen molar-refractivity contribution in [2.75, 3.05) is 0 Å². The van der Waals surface area contributed by atoms with Crippen LogP contribution < -0.4 is 11.1 Å². The van der Waals surface area contributed by atoms with Gasteiger partial charge < -0.3 is 11.1 Å². The Bertz CT molecular complexity index is 414. The summed E-state index contributed by atoms with van der Waals surface area (Å²) >= 11 is 5.83. The van der Waals surface area contributed by atoms with Crippen molar-refractivity contribution in [3.8, 4) is 0 Å². The molecule has 4 heteroatoms. The third-order valence-corrected chi connectivity index (χ3v) is 3.65. The highest BCUT2D eigenvalue weighted by atomic mass is 35.5. The minimum absolute atomic E-state index is 0.0128. The zero-order chi connectivity index (χ0) is 13.1. The quantitative estimate of drug-likeness (QED) is 0.861. The fourth-order valence-electron chi connectivity index (χ4n) is 2.04. The predicted octanol–water partition coefficient (Wildman–Crippen LogP) is 2.64. The first-order valence-electron chi connectivity index (χ1n) is 6.36. The Hall–Kier alpha value is -1.06. The summed E-state index contributed by atoms with van der Waals surface area (Å²) in [6.07, 6.45) is 2.75. The van der Waals surface area contributed by atoms with Crippen molar-refractivity contribution in [2.24, 2.45) is 11.7 Å². The molecule has 2 atom stereocenters. The van der Waals surface area contributed by atoms with Gasteiger partial charge in [0.05, 0.1) is 6.04 Å². The van der Waals surface area contributed by atoms with E-state index >= 15 is 0 Å². The normalized spacial score (nSPS) is 18.2. The van der Waals surface area contributed by atoms with Crippen molar-refractivity contribution in [1.82, 2.24) is 5.32 Å². The molecule has 0 aliphatic heterocycles. The van der Waals surface area contributed by atoms with E-state index in [1.807, 2.05) is 31.2 Å². The van der Waals surface area contributed by atoms with Gasteiger partial charge in [-0.05, 0) is 43.4 Å². The number of benzene rings is 1. The third kappa shape index (κ3) is 3.72. The molecule has 1 saturated carbocycles. The van der Waals surface area contributed by atoms with Crippen molar-refractivity contribution >= 4 is 17.5 Å². The molecule has 1 fully saturated rings. The summed E-state index contributed by atoms with van der Waals surface area (Å²) in [6, 6.07) is 7.51. The van der Waals surface area contributed by atoms with Crippen LogP contribution in [0.15, 0.2) is 24.3 Å². The monoisotopic (exact) mass is 266 g/mol. The number of halogens is 1. The Morgan fingerprint density at radius 3 is 2.61 bits per heavy atom. The van der Waals surface area contributed by atoms with E-state index in [2.05, 4.69) is 5.32 Å². The van der Waals surface area contributed by atoms with E-state index in [0.717, 1.165) is 5.56 Å².